The van der Waals surface area contributed by atoms with Crippen molar-refractivity contribution in [3.63, 3.8) is 0 Å². The maximum absolute atomic E-state index is 12.8. The lowest BCUT2D eigenvalue weighted by Gasteiger charge is -2.40. The molecular weight excluding hydrogens is 1030 g/mol. The van der Waals surface area contributed by atoms with Gasteiger partial charge in [0, 0.05) is 32.7 Å². The summed E-state index contributed by atoms with van der Waals surface area (Å²) in [4.78, 5) is 62.1. The van der Waals surface area contributed by atoms with Crippen molar-refractivity contribution in [1.82, 2.24) is 29.1 Å². The van der Waals surface area contributed by atoms with Crippen molar-refractivity contribution in [2.24, 2.45) is 0 Å². The molecule has 2 aromatic carbocycles. The van der Waals surface area contributed by atoms with Crippen molar-refractivity contribution in [3.05, 3.63) is 109 Å². The fourth-order valence-corrected chi connectivity index (χ4v) is 11.7. The molecule has 2 amide bonds. The minimum Gasteiger partial charge on any atom is -0.406 e. The van der Waals surface area contributed by atoms with Gasteiger partial charge in [-0.1, -0.05) is 84.9 Å². The molecule has 8 rings (SSSR count). The van der Waals surface area contributed by atoms with Crippen molar-refractivity contribution >= 4 is 78.7 Å². The van der Waals surface area contributed by atoms with Gasteiger partial charge in [-0.2, -0.15) is 0 Å². The topological polar surface area (TPSA) is 270 Å². The molecule has 396 valence electrons. The van der Waals surface area contributed by atoms with E-state index in [9.17, 15) is 33.6 Å². The Balaban J connectivity index is 0.000000216. The van der Waals surface area contributed by atoms with Gasteiger partial charge in [-0.05, 0) is 79.1 Å². The van der Waals surface area contributed by atoms with Crippen LogP contribution in [0.4, 0.5) is 11.6 Å². The molecule has 2 saturated heterocycles. The Hall–Kier alpha value is -5.11. The Kier molecular flexibility index (Phi) is 17.6. The first-order valence-corrected chi connectivity index (χ1v) is 32.2. The monoisotopic (exact) mass is 1090 g/mol. The normalized spacial score (nSPS) is 22.8. The molecule has 0 aliphatic carbocycles. The van der Waals surface area contributed by atoms with Crippen LogP contribution in [0.15, 0.2) is 97.8 Å². The lowest BCUT2D eigenvalue weighted by atomic mass is 10.1. The average Bonchev–Trinajstić information content (AvgIpc) is 4.13. The summed E-state index contributed by atoms with van der Waals surface area (Å²) >= 11 is 0. The molecule has 2 unspecified atom stereocenters. The summed E-state index contributed by atoms with van der Waals surface area (Å²) in [5.74, 6) is 0.0965. The highest BCUT2D eigenvalue weighted by molar-refractivity contribution is 7.32. The third-order valence-corrected chi connectivity index (χ3v) is 23.9. The lowest BCUT2D eigenvalue weighted by molar-refractivity contribution is -0.0484. The minimum atomic E-state index is -2.98. The molecule has 4 aromatic heterocycles. The fourth-order valence-electron chi connectivity index (χ4n) is 8.18. The molecule has 0 bridgehead atoms. The molecule has 2 aliphatic rings. The molecule has 0 radical (unpaired) electrons. The zero-order chi connectivity index (χ0) is 53.9. The Morgan fingerprint density at radius 1 is 0.622 bits per heavy atom. The van der Waals surface area contributed by atoms with E-state index in [1.165, 1.54) is 12.7 Å². The number of hydrogen-bond donors (Lipinski definition) is 5. The first-order chi connectivity index (χ1) is 34.8. The van der Waals surface area contributed by atoms with Gasteiger partial charge in [0.05, 0.1) is 23.5 Å². The van der Waals surface area contributed by atoms with Crippen LogP contribution in [0.5, 0.6) is 0 Å². The zero-order valence-corrected chi connectivity index (χ0v) is 47.1. The number of carbonyl (C=O) groups is 2. The van der Waals surface area contributed by atoms with Gasteiger partial charge < -0.3 is 43.2 Å². The van der Waals surface area contributed by atoms with E-state index in [4.69, 9.17) is 27.4 Å². The SMILES string of the molecule is CC(C)(C)[Si](C)(C)O[C@@H]1[C@H](O[P+](=O)O)[C@@H](CO)O[C@H]1n1ccc2c(NC(=O)c3ccccc3)ncnc21.CC[C@H]1O[C@@H](n2ccc3c(NC(=O)c4ccccc4)ncnc32)[C@H](O[Si](C)(C)C(C)(C)C)[C@@H]1O[P+](=O)O. The van der Waals surface area contributed by atoms with Crippen molar-refractivity contribution in [1.29, 1.82) is 0 Å². The van der Waals surface area contributed by atoms with Crippen LogP contribution in [0.2, 0.25) is 36.3 Å². The van der Waals surface area contributed by atoms with E-state index in [0.29, 0.717) is 51.3 Å². The number of aliphatic hydroxyl groups excluding tert-OH is 1. The maximum Gasteiger partial charge on any atom is 0.695 e. The molecule has 2 aliphatic heterocycles. The van der Waals surface area contributed by atoms with Gasteiger partial charge in [0.25, 0.3) is 11.8 Å². The van der Waals surface area contributed by atoms with E-state index in [1.54, 1.807) is 71.6 Å². The minimum absolute atomic E-state index is 0.108. The third-order valence-electron chi connectivity index (χ3n) is 14.2. The molecule has 0 spiro atoms. The highest BCUT2D eigenvalue weighted by Gasteiger charge is 2.56. The van der Waals surface area contributed by atoms with Gasteiger partial charge in [-0.15, -0.1) is 18.8 Å². The maximum atomic E-state index is 12.8. The first kappa shape index (κ1) is 56.6. The number of rotatable bonds is 16. The van der Waals surface area contributed by atoms with Gasteiger partial charge in [0.15, 0.2) is 41.3 Å². The summed E-state index contributed by atoms with van der Waals surface area (Å²) in [6.07, 6.45) is 0.775. The van der Waals surface area contributed by atoms with Crippen molar-refractivity contribution in [2.45, 2.75) is 140 Å². The van der Waals surface area contributed by atoms with Crippen LogP contribution in [-0.4, -0.2) is 116 Å². The Labute approximate surface area is 433 Å². The molecule has 21 nitrogen and oxygen atoms in total. The Morgan fingerprint density at radius 2 is 1.00 bits per heavy atom. The number of aromatic nitrogens is 6. The summed E-state index contributed by atoms with van der Waals surface area (Å²) < 4.78 is 63.7. The van der Waals surface area contributed by atoms with E-state index < -0.39 is 88.8 Å². The van der Waals surface area contributed by atoms with E-state index in [1.807, 2.05) is 29.7 Å². The quantitative estimate of drug-likeness (QED) is 0.0446. The number of anilines is 2. The standard InChI is InChI=1S/C25H33N4O6PSi.C24H31N4O7PSi/c1-7-18-19(34-36(31)32)20(35-37(5,6)25(2,3)4)24(33-18)29-14-13-17-21(26-15-27-22(17)29)28-23(30)16-11-9-8-10-12-16;1-24(2,3)37(4,5)35-19-18(34-36(31)32)17(13-29)33-23(19)28-12-11-16-20(25-14-26-21(16)28)27-22(30)15-9-7-6-8-10-15/h8-15,18-20,24H,7H2,1-6H3,(H-,26,27,28,30,31,32);6-12,14,17-19,23,29H,13H2,1-5H3,(H-,25,26,27,30,31,32)/p+2/t18-,19-,20-,24-;17-,18-,19-,23-/m11/s1. The van der Waals surface area contributed by atoms with Crippen LogP contribution >= 0.6 is 16.5 Å². The summed E-state index contributed by atoms with van der Waals surface area (Å²) in [5.41, 5.74) is 1.99. The number of benzene rings is 2. The van der Waals surface area contributed by atoms with Crippen LogP contribution in [0.1, 0.15) is 88.1 Å². The molecule has 2 fully saturated rings. The summed E-state index contributed by atoms with van der Waals surface area (Å²) in [5, 5.41) is 16.6. The van der Waals surface area contributed by atoms with E-state index in [2.05, 4.69) is 98.3 Å². The molecule has 74 heavy (non-hydrogen) atoms. The number of nitrogens with zero attached hydrogens (tertiary/aromatic N) is 6. The largest absolute Gasteiger partial charge is 0.695 e. The number of carbonyl (C=O) groups excluding carboxylic acids is 2. The lowest BCUT2D eigenvalue weighted by Crippen LogP contribution is -2.49. The molecule has 10 atom stereocenters. The van der Waals surface area contributed by atoms with E-state index in [0.717, 1.165) is 0 Å². The molecule has 6 heterocycles. The summed E-state index contributed by atoms with van der Waals surface area (Å²) in [7, 11) is -10.6. The predicted molar refractivity (Wildman–Crippen MR) is 283 cm³/mol. The van der Waals surface area contributed by atoms with Gasteiger partial charge in [-0.3, -0.25) is 9.59 Å². The van der Waals surface area contributed by atoms with Crippen LogP contribution < -0.4 is 10.6 Å². The number of aliphatic hydroxyl groups is 1. The predicted octanol–water partition coefficient (Wildman–Crippen LogP) is 9.41. The Morgan fingerprint density at radius 3 is 1.35 bits per heavy atom. The first-order valence-electron chi connectivity index (χ1n) is 24.1. The fraction of sp³-hybridized carbons (Fsp3) is 0.469. The smallest absolute Gasteiger partial charge is 0.406 e. The van der Waals surface area contributed by atoms with Gasteiger partial charge in [0.1, 0.15) is 53.9 Å². The van der Waals surface area contributed by atoms with Gasteiger partial charge >= 0.3 is 16.5 Å². The highest BCUT2D eigenvalue weighted by Crippen LogP contribution is 2.47. The number of amides is 2. The number of ether oxygens (including phenoxy) is 2. The molecular formula is C49H66N8O13P2Si2+2. The second-order valence-corrected chi connectivity index (χ2v) is 31.9. The molecule has 5 N–H and O–H groups in total. The van der Waals surface area contributed by atoms with Gasteiger partial charge in [0.2, 0.25) is 0 Å². The van der Waals surface area contributed by atoms with Crippen molar-refractivity contribution in [3.8, 4) is 0 Å². The van der Waals surface area contributed by atoms with Crippen LogP contribution in [0, 0.1) is 0 Å². The number of nitrogens with one attached hydrogen (secondary N) is 2. The van der Waals surface area contributed by atoms with Crippen molar-refractivity contribution in [2.75, 3.05) is 17.2 Å². The molecule has 0 saturated carbocycles. The number of fused-ring (bicyclic) bond motifs is 2. The third kappa shape index (κ3) is 12.4. The molecule has 6 aromatic rings. The van der Waals surface area contributed by atoms with Crippen LogP contribution in [-0.2, 0) is 36.5 Å². The average molecular weight is 1090 g/mol. The van der Waals surface area contributed by atoms with E-state index in [-0.39, 0.29) is 21.9 Å². The summed E-state index contributed by atoms with van der Waals surface area (Å²) in [6.45, 7) is 22.5. The second-order valence-electron chi connectivity index (χ2n) is 21.0. The van der Waals surface area contributed by atoms with Crippen LogP contribution in [0.3, 0.4) is 0 Å². The highest BCUT2D eigenvalue weighted by atomic mass is 31.1. The number of hydrogen-bond acceptors (Lipinski definition) is 15. The summed E-state index contributed by atoms with van der Waals surface area (Å²) in [6, 6.07) is 21.2. The van der Waals surface area contributed by atoms with Gasteiger partial charge in [-0.25, -0.2) is 19.9 Å². The Bertz CT molecular complexity index is 2760. The van der Waals surface area contributed by atoms with E-state index >= 15 is 0 Å². The van der Waals surface area contributed by atoms with Crippen LogP contribution in [0.25, 0.3) is 22.1 Å². The zero-order valence-electron chi connectivity index (χ0n) is 43.3. The van der Waals surface area contributed by atoms with Crippen molar-refractivity contribution < 1.29 is 61.0 Å². The molecule has 25 heteroatoms. The second kappa shape index (κ2) is 23.0.